The Bertz CT molecular complexity index is 1450. The van der Waals surface area contributed by atoms with Crippen LogP contribution in [0.25, 0.3) is 5.70 Å². The van der Waals surface area contributed by atoms with Gasteiger partial charge in [-0.25, -0.2) is 22.1 Å². The molecular formula is C28H21FN2O2S. The smallest absolute Gasteiger partial charge is 0.238 e. The van der Waals surface area contributed by atoms with Crippen molar-refractivity contribution < 1.29 is 12.8 Å². The van der Waals surface area contributed by atoms with E-state index >= 15 is 0 Å². The number of halogens is 1. The van der Waals surface area contributed by atoms with E-state index in [-0.39, 0.29) is 4.90 Å². The summed E-state index contributed by atoms with van der Waals surface area (Å²) in [4.78, 5) is 4.83. The third-order valence-corrected chi connectivity index (χ3v) is 7.40. The van der Waals surface area contributed by atoms with Crippen LogP contribution in [0, 0.1) is 5.82 Å². The van der Waals surface area contributed by atoms with E-state index in [2.05, 4.69) is 0 Å². The fraction of sp³-hybridized carbons (Fsp3) is 0.0357. The zero-order valence-corrected chi connectivity index (χ0v) is 18.9. The summed E-state index contributed by atoms with van der Waals surface area (Å²) in [6.45, 7) is 0. The summed E-state index contributed by atoms with van der Waals surface area (Å²) < 4.78 is 42.9. The summed E-state index contributed by atoms with van der Waals surface area (Å²) in [6, 6.07) is 32.5. The summed E-state index contributed by atoms with van der Waals surface area (Å²) in [6.07, 6.45) is 1.86. The minimum atomic E-state index is -4.09. The van der Waals surface area contributed by atoms with Gasteiger partial charge >= 0.3 is 0 Å². The molecule has 0 aromatic heterocycles. The Hall–Kier alpha value is -4.03. The molecule has 34 heavy (non-hydrogen) atoms. The molecule has 1 aliphatic rings. The highest BCUT2D eigenvalue weighted by molar-refractivity contribution is 7.89. The number of hydrogen-bond acceptors (Lipinski definition) is 3. The van der Waals surface area contributed by atoms with Crippen LogP contribution in [0.3, 0.4) is 0 Å². The van der Waals surface area contributed by atoms with Gasteiger partial charge in [0.1, 0.15) is 5.82 Å². The number of aliphatic imine (C=N–C) groups is 1. The van der Waals surface area contributed by atoms with E-state index in [4.69, 9.17) is 4.99 Å². The lowest BCUT2D eigenvalue weighted by molar-refractivity contribution is 0.483. The minimum absolute atomic E-state index is 0.00461. The van der Waals surface area contributed by atoms with Gasteiger partial charge in [-0.05, 0) is 41.5 Å². The lowest BCUT2D eigenvalue weighted by Gasteiger charge is -2.35. The summed E-state index contributed by atoms with van der Waals surface area (Å²) in [5.41, 5.74) is 3.02. The number of benzene rings is 4. The number of amidine groups is 1. The van der Waals surface area contributed by atoms with E-state index in [0.29, 0.717) is 17.1 Å². The van der Waals surface area contributed by atoms with Gasteiger partial charge in [0.25, 0.3) is 10.0 Å². The molecule has 4 nitrogen and oxygen atoms in total. The molecular weight excluding hydrogens is 447 g/mol. The van der Waals surface area contributed by atoms with Gasteiger partial charge in [-0.1, -0.05) is 91.0 Å². The van der Waals surface area contributed by atoms with Gasteiger partial charge in [-0.15, -0.1) is 0 Å². The molecule has 4 aromatic carbocycles. The zero-order chi connectivity index (χ0) is 23.5. The predicted octanol–water partition coefficient (Wildman–Crippen LogP) is 6.06. The van der Waals surface area contributed by atoms with Crippen LogP contribution in [-0.2, 0) is 10.0 Å². The van der Waals surface area contributed by atoms with E-state index in [1.807, 2.05) is 97.1 Å². The molecule has 6 heteroatoms. The first-order valence-electron chi connectivity index (χ1n) is 10.8. The second-order valence-corrected chi connectivity index (χ2v) is 9.64. The SMILES string of the molecule is O=S(=O)(c1ccc(F)cc1)N1C(c2ccccc2)=NC(c2ccccc2)=CC1c1ccccc1. The van der Waals surface area contributed by atoms with Crippen molar-refractivity contribution >= 4 is 21.6 Å². The summed E-state index contributed by atoms with van der Waals surface area (Å²) in [7, 11) is -4.09. The fourth-order valence-electron chi connectivity index (χ4n) is 3.96. The van der Waals surface area contributed by atoms with Crippen molar-refractivity contribution in [2.24, 2.45) is 4.99 Å². The first-order chi connectivity index (χ1) is 16.5. The van der Waals surface area contributed by atoms with Gasteiger partial charge in [0, 0.05) is 5.56 Å². The van der Waals surface area contributed by atoms with Crippen molar-refractivity contribution in [3.8, 4) is 0 Å². The maximum atomic E-state index is 14.0. The van der Waals surface area contributed by atoms with Gasteiger partial charge < -0.3 is 0 Å². The Labute approximate surface area is 198 Å². The van der Waals surface area contributed by atoms with Gasteiger partial charge in [0.05, 0.1) is 16.6 Å². The van der Waals surface area contributed by atoms with Crippen LogP contribution in [-0.4, -0.2) is 18.6 Å². The number of sulfonamides is 1. The molecule has 0 amide bonds. The first-order valence-corrected chi connectivity index (χ1v) is 12.2. The highest BCUT2D eigenvalue weighted by Crippen LogP contribution is 2.37. The average Bonchev–Trinajstić information content (AvgIpc) is 2.90. The normalized spacial score (nSPS) is 16.0. The van der Waals surface area contributed by atoms with Gasteiger partial charge in [0.15, 0.2) is 5.84 Å². The zero-order valence-electron chi connectivity index (χ0n) is 18.1. The van der Waals surface area contributed by atoms with Crippen LogP contribution in [0.5, 0.6) is 0 Å². The van der Waals surface area contributed by atoms with Crippen molar-refractivity contribution in [3.05, 3.63) is 144 Å². The van der Waals surface area contributed by atoms with Crippen molar-refractivity contribution in [2.45, 2.75) is 10.9 Å². The Morgan fingerprint density at radius 3 is 1.79 bits per heavy atom. The standard InChI is InChI=1S/C28H21FN2O2S/c29-24-16-18-25(19-17-24)34(32,33)31-27(22-12-6-2-7-13-22)20-26(21-10-4-1-5-11-21)30-28(31)23-14-8-3-9-15-23/h1-20,27H. The molecule has 0 radical (unpaired) electrons. The lowest BCUT2D eigenvalue weighted by Crippen LogP contribution is -2.41. The van der Waals surface area contributed by atoms with Crippen LogP contribution < -0.4 is 0 Å². The molecule has 0 saturated heterocycles. The van der Waals surface area contributed by atoms with Crippen LogP contribution in [0.15, 0.2) is 131 Å². The Balaban J connectivity index is 1.76. The topological polar surface area (TPSA) is 49.7 Å². The molecule has 5 rings (SSSR count). The molecule has 4 aromatic rings. The molecule has 1 unspecified atom stereocenters. The van der Waals surface area contributed by atoms with Crippen LogP contribution in [0.4, 0.5) is 4.39 Å². The monoisotopic (exact) mass is 468 g/mol. The lowest BCUT2D eigenvalue weighted by atomic mass is 10.0. The molecule has 0 saturated carbocycles. The molecule has 0 N–H and O–H groups in total. The summed E-state index contributed by atoms with van der Waals surface area (Å²) in [5, 5.41) is 0. The minimum Gasteiger partial charge on any atom is -0.238 e. The Morgan fingerprint density at radius 2 is 1.21 bits per heavy atom. The van der Waals surface area contributed by atoms with E-state index in [1.54, 1.807) is 0 Å². The number of rotatable bonds is 5. The number of nitrogens with zero attached hydrogens (tertiary/aromatic N) is 2. The molecule has 1 atom stereocenters. The van der Waals surface area contributed by atoms with Gasteiger partial charge in [-0.2, -0.15) is 0 Å². The molecule has 168 valence electrons. The quantitative estimate of drug-likeness (QED) is 0.358. The molecule has 0 aliphatic carbocycles. The van der Waals surface area contributed by atoms with E-state index in [9.17, 15) is 12.8 Å². The summed E-state index contributed by atoms with van der Waals surface area (Å²) in [5.74, 6) is -0.194. The van der Waals surface area contributed by atoms with E-state index in [1.165, 1.54) is 16.4 Å². The van der Waals surface area contributed by atoms with E-state index < -0.39 is 21.9 Å². The van der Waals surface area contributed by atoms with Crippen molar-refractivity contribution in [3.63, 3.8) is 0 Å². The average molecular weight is 469 g/mol. The molecule has 1 aliphatic heterocycles. The maximum absolute atomic E-state index is 14.0. The van der Waals surface area contributed by atoms with Crippen LogP contribution in [0.1, 0.15) is 22.7 Å². The highest BCUT2D eigenvalue weighted by atomic mass is 32.2. The first kappa shape index (κ1) is 21.8. The van der Waals surface area contributed by atoms with Gasteiger partial charge in [0.2, 0.25) is 0 Å². The van der Waals surface area contributed by atoms with E-state index in [0.717, 1.165) is 23.3 Å². The molecule has 0 spiro atoms. The van der Waals surface area contributed by atoms with Crippen LogP contribution in [0.2, 0.25) is 0 Å². The van der Waals surface area contributed by atoms with Crippen molar-refractivity contribution in [1.82, 2.24) is 4.31 Å². The number of hydrogen-bond donors (Lipinski definition) is 0. The second kappa shape index (κ2) is 9.08. The fourth-order valence-corrected chi connectivity index (χ4v) is 5.53. The van der Waals surface area contributed by atoms with Gasteiger partial charge in [-0.3, -0.25) is 0 Å². The van der Waals surface area contributed by atoms with Crippen molar-refractivity contribution in [1.29, 1.82) is 0 Å². The predicted molar refractivity (Wildman–Crippen MR) is 132 cm³/mol. The largest absolute Gasteiger partial charge is 0.266 e. The van der Waals surface area contributed by atoms with Crippen LogP contribution >= 0.6 is 0 Å². The maximum Gasteiger partial charge on any atom is 0.266 e. The van der Waals surface area contributed by atoms with Crippen molar-refractivity contribution in [2.75, 3.05) is 0 Å². The Morgan fingerprint density at radius 1 is 0.676 bits per heavy atom. The third kappa shape index (κ3) is 4.16. The Kier molecular flexibility index (Phi) is 5.82. The molecule has 1 heterocycles. The molecule has 0 bridgehead atoms. The molecule has 0 fully saturated rings. The summed E-state index contributed by atoms with van der Waals surface area (Å²) >= 11 is 0. The highest BCUT2D eigenvalue weighted by Gasteiger charge is 2.37. The third-order valence-electron chi connectivity index (χ3n) is 5.62. The second-order valence-electron chi connectivity index (χ2n) is 7.83.